The van der Waals surface area contributed by atoms with Crippen LogP contribution < -0.4 is 0 Å². The topological polar surface area (TPSA) is 186 Å². The first kappa shape index (κ1) is 21.5. The molecule has 0 spiro atoms. The van der Waals surface area contributed by atoms with Crippen LogP contribution in [-0.2, 0) is 9.47 Å². The molecule has 110 valence electrons. The molecule has 12 nitrogen and oxygen atoms in total. The van der Waals surface area contributed by atoms with Crippen LogP contribution in [0.25, 0.3) is 0 Å². The van der Waals surface area contributed by atoms with Crippen LogP contribution in [0.2, 0.25) is 0 Å². The Morgan fingerprint density at radius 2 is 1.00 bits per heavy atom. The average Bonchev–Trinajstić information content (AvgIpc) is 2.22. The predicted octanol–water partition coefficient (Wildman–Crippen LogP) is -1.69. The SMILES string of the molecule is O=[N+]([O-])O.O=[N+]([O-])O.OCCOCCOCCO. The van der Waals surface area contributed by atoms with Crippen molar-refractivity contribution in [2.45, 2.75) is 0 Å². The van der Waals surface area contributed by atoms with Crippen LogP contribution in [0.5, 0.6) is 0 Å². The molecule has 0 unspecified atom stereocenters. The molecule has 0 aromatic rings. The van der Waals surface area contributed by atoms with Crippen LogP contribution in [0.15, 0.2) is 0 Å². The lowest BCUT2D eigenvalue weighted by Crippen LogP contribution is -2.09. The first-order valence-corrected chi connectivity index (χ1v) is 4.42. The fourth-order valence-corrected chi connectivity index (χ4v) is 0.451. The zero-order valence-electron chi connectivity index (χ0n) is 9.38. The second kappa shape index (κ2) is 20.6. The van der Waals surface area contributed by atoms with Gasteiger partial charge in [-0.3, -0.25) is 0 Å². The van der Waals surface area contributed by atoms with Gasteiger partial charge in [-0.05, 0) is 0 Å². The average molecular weight is 276 g/mol. The Labute approximate surface area is 101 Å². The molecule has 0 fully saturated rings. The van der Waals surface area contributed by atoms with Crippen LogP contribution in [-0.4, -0.2) is 70.4 Å². The molecule has 0 rings (SSSR count). The van der Waals surface area contributed by atoms with Gasteiger partial charge in [0.15, 0.2) is 0 Å². The number of rotatable bonds is 7. The summed E-state index contributed by atoms with van der Waals surface area (Å²) in [5.74, 6) is 0. The quantitative estimate of drug-likeness (QED) is 0.237. The molecule has 0 bridgehead atoms. The van der Waals surface area contributed by atoms with Crippen LogP contribution >= 0.6 is 0 Å². The van der Waals surface area contributed by atoms with Gasteiger partial charge >= 0.3 is 0 Å². The summed E-state index contributed by atoms with van der Waals surface area (Å²) in [6, 6.07) is 0. The van der Waals surface area contributed by atoms with Crippen molar-refractivity contribution >= 4 is 0 Å². The minimum absolute atomic E-state index is 0.0417. The molecule has 0 heterocycles. The van der Waals surface area contributed by atoms with Crippen LogP contribution in [0.3, 0.4) is 0 Å². The molecule has 0 saturated carbocycles. The second-order valence-corrected chi connectivity index (χ2v) is 2.15. The lowest BCUT2D eigenvalue weighted by atomic mass is 10.7. The van der Waals surface area contributed by atoms with Crippen molar-refractivity contribution in [1.82, 2.24) is 0 Å². The largest absolute Gasteiger partial charge is 0.394 e. The van der Waals surface area contributed by atoms with Gasteiger partial charge in [-0.15, -0.1) is 20.2 Å². The van der Waals surface area contributed by atoms with Gasteiger partial charge in [0.05, 0.1) is 39.6 Å². The summed E-state index contributed by atoms with van der Waals surface area (Å²) in [5.41, 5.74) is 0. The number of ether oxygens (including phenoxy) is 2. The van der Waals surface area contributed by atoms with E-state index in [0.29, 0.717) is 26.4 Å². The third-order valence-corrected chi connectivity index (χ3v) is 0.843. The Kier molecular flexibility index (Phi) is 24.7. The number of aliphatic hydroxyl groups excluding tert-OH is 2. The molecule has 4 N–H and O–H groups in total. The zero-order chi connectivity index (χ0) is 14.8. The Morgan fingerprint density at radius 1 is 0.778 bits per heavy atom. The second-order valence-electron chi connectivity index (χ2n) is 2.15. The van der Waals surface area contributed by atoms with Crippen molar-refractivity contribution in [3.05, 3.63) is 20.2 Å². The minimum atomic E-state index is -1.50. The molecule has 0 atom stereocenters. The molecule has 0 aliphatic carbocycles. The third-order valence-electron chi connectivity index (χ3n) is 0.843. The maximum atomic E-state index is 8.36. The highest BCUT2D eigenvalue weighted by Crippen LogP contribution is 1.76. The van der Waals surface area contributed by atoms with Gasteiger partial charge in [0.1, 0.15) is 0 Å². The van der Waals surface area contributed by atoms with Gasteiger partial charge in [0.2, 0.25) is 0 Å². The number of aliphatic hydroxyl groups is 2. The highest BCUT2D eigenvalue weighted by Gasteiger charge is 1.86. The van der Waals surface area contributed by atoms with Gasteiger partial charge in [0.25, 0.3) is 10.2 Å². The number of hydrogen-bond acceptors (Lipinski definition) is 8. The number of nitrogens with zero attached hydrogens (tertiary/aromatic N) is 2. The van der Waals surface area contributed by atoms with Crippen LogP contribution in [0.1, 0.15) is 0 Å². The van der Waals surface area contributed by atoms with Crippen molar-refractivity contribution in [1.29, 1.82) is 0 Å². The predicted molar refractivity (Wildman–Crippen MR) is 53.4 cm³/mol. The summed E-state index contributed by atoms with van der Waals surface area (Å²) in [5, 5.41) is 43.8. The van der Waals surface area contributed by atoms with Crippen LogP contribution in [0, 0.1) is 20.2 Å². The Balaban J connectivity index is -0.000000233. The molecule has 12 heteroatoms. The molecule has 0 amide bonds. The van der Waals surface area contributed by atoms with Crippen molar-refractivity contribution in [3.63, 3.8) is 0 Å². The zero-order valence-corrected chi connectivity index (χ0v) is 9.38. The third kappa shape index (κ3) is 90.9. The minimum Gasteiger partial charge on any atom is -0.394 e. The summed E-state index contributed by atoms with van der Waals surface area (Å²) in [6.45, 7) is 1.73. The van der Waals surface area contributed by atoms with E-state index in [9.17, 15) is 0 Å². The van der Waals surface area contributed by atoms with Gasteiger partial charge in [0, 0.05) is 0 Å². The molecule has 0 aromatic carbocycles. The van der Waals surface area contributed by atoms with E-state index in [0.717, 1.165) is 0 Å². The molecule has 0 aliphatic heterocycles. The van der Waals surface area contributed by atoms with Crippen molar-refractivity contribution in [2.75, 3.05) is 39.6 Å². The summed E-state index contributed by atoms with van der Waals surface area (Å²) in [6.07, 6.45) is 0. The normalized spacial score (nSPS) is 8.33. The molecular formula is C6H16N2O10. The Bertz CT molecular complexity index is 161. The highest BCUT2D eigenvalue weighted by atomic mass is 16.9. The monoisotopic (exact) mass is 276 g/mol. The van der Waals surface area contributed by atoms with Gasteiger partial charge in [-0.25, -0.2) is 0 Å². The lowest BCUT2D eigenvalue weighted by molar-refractivity contribution is -0.742. The lowest BCUT2D eigenvalue weighted by Gasteiger charge is -2.01. The van der Waals surface area contributed by atoms with E-state index < -0.39 is 10.2 Å². The molecule has 0 radical (unpaired) electrons. The molecule has 0 saturated heterocycles. The molecular weight excluding hydrogens is 260 g/mol. The molecule has 0 aromatic heterocycles. The van der Waals surface area contributed by atoms with E-state index in [1.165, 1.54) is 0 Å². The Morgan fingerprint density at radius 3 is 1.17 bits per heavy atom. The maximum Gasteiger partial charge on any atom is 0.291 e. The first-order chi connectivity index (χ1) is 8.38. The van der Waals surface area contributed by atoms with E-state index in [1.54, 1.807) is 0 Å². The van der Waals surface area contributed by atoms with Crippen molar-refractivity contribution < 1.29 is 40.3 Å². The van der Waals surface area contributed by atoms with Crippen LogP contribution in [0.4, 0.5) is 0 Å². The van der Waals surface area contributed by atoms with Gasteiger partial charge < -0.3 is 30.1 Å². The smallest absolute Gasteiger partial charge is 0.291 e. The molecule has 18 heavy (non-hydrogen) atoms. The van der Waals surface area contributed by atoms with E-state index in [-0.39, 0.29) is 13.2 Å². The first-order valence-electron chi connectivity index (χ1n) is 4.42. The fraction of sp³-hybridized carbons (Fsp3) is 1.00. The van der Waals surface area contributed by atoms with Gasteiger partial charge in [-0.1, -0.05) is 0 Å². The summed E-state index contributed by atoms with van der Waals surface area (Å²) in [7, 11) is 0. The maximum absolute atomic E-state index is 8.36. The fourth-order valence-electron chi connectivity index (χ4n) is 0.451. The van der Waals surface area contributed by atoms with E-state index in [2.05, 4.69) is 0 Å². The van der Waals surface area contributed by atoms with Gasteiger partial charge in [-0.2, -0.15) is 0 Å². The molecule has 0 aliphatic rings. The van der Waals surface area contributed by atoms with Crippen molar-refractivity contribution in [3.8, 4) is 0 Å². The van der Waals surface area contributed by atoms with E-state index in [1.807, 2.05) is 0 Å². The Hall–Kier alpha value is -1.76. The summed E-state index contributed by atoms with van der Waals surface area (Å²) < 4.78 is 9.75. The van der Waals surface area contributed by atoms with E-state index in [4.69, 9.17) is 50.3 Å². The highest BCUT2D eigenvalue weighted by molar-refractivity contribution is 4.30. The summed E-state index contributed by atoms with van der Waals surface area (Å²) in [4.78, 5) is 16.7. The standard InChI is InChI=1S/C6H14O4.2HNO3/c7-1-3-9-5-6-10-4-2-8;2*2-1(3)4/h7-8H,1-6H2;2*(H,2,3,4). The van der Waals surface area contributed by atoms with Crippen molar-refractivity contribution in [2.24, 2.45) is 0 Å². The van der Waals surface area contributed by atoms with E-state index >= 15 is 0 Å². The number of hydrogen-bond donors (Lipinski definition) is 4. The summed E-state index contributed by atoms with van der Waals surface area (Å²) >= 11 is 0.